The zero-order valence-corrected chi connectivity index (χ0v) is 15.6. The van der Waals surface area contributed by atoms with Crippen molar-refractivity contribution in [2.75, 3.05) is 19.6 Å². The van der Waals surface area contributed by atoms with Crippen molar-refractivity contribution in [1.82, 2.24) is 4.90 Å². The van der Waals surface area contributed by atoms with Gasteiger partial charge in [-0.1, -0.05) is 69.2 Å². The summed E-state index contributed by atoms with van der Waals surface area (Å²) in [7, 11) is 0. The van der Waals surface area contributed by atoms with Gasteiger partial charge in [-0.3, -0.25) is 0 Å². The molecule has 1 atom stereocenters. The second-order valence-corrected chi connectivity index (χ2v) is 7.10. The van der Waals surface area contributed by atoms with Gasteiger partial charge in [0.05, 0.1) is 5.60 Å². The molecule has 0 spiro atoms. The van der Waals surface area contributed by atoms with E-state index < -0.39 is 5.60 Å². The Morgan fingerprint density at radius 2 is 1.50 bits per heavy atom. The fourth-order valence-electron chi connectivity index (χ4n) is 3.30. The van der Waals surface area contributed by atoms with Gasteiger partial charge >= 0.3 is 0 Å². The molecular weight excluding hydrogens is 294 g/mol. The van der Waals surface area contributed by atoms with Crippen molar-refractivity contribution in [2.45, 2.75) is 58.5 Å². The molecule has 0 aliphatic heterocycles. The molecule has 2 aromatic rings. The fraction of sp³-hybridized carbons (Fsp3) is 0.545. The first-order valence-electron chi connectivity index (χ1n) is 9.51. The molecule has 2 heteroatoms. The highest BCUT2D eigenvalue weighted by molar-refractivity contribution is 5.86. The minimum Gasteiger partial charge on any atom is -0.385 e. The molecule has 0 saturated carbocycles. The predicted molar refractivity (Wildman–Crippen MR) is 104 cm³/mol. The summed E-state index contributed by atoms with van der Waals surface area (Å²) in [5.74, 6) is 0. The molecule has 0 aliphatic carbocycles. The lowest BCUT2D eigenvalue weighted by molar-refractivity contribution is 0.0369. The van der Waals surface area contributed by atoms with Crippen LogP contribution in [-0.2, 0) is 5.60 Å². The second-order valence-electron chi connectivity index (χ2n) is 7.10. The first-order valence-corrected chi connectivity index (χ1v) is 9.51. The van der Waals surface area contributed by atoms with E-state index in [1.54, 1.807) is 0 Å². The normalized spacial score (nSPS) is 14.2. The van der Waals surface area contributed by atoms with E-state index in [0.29, 0.717) is 0 Å². The molecule has 0 radical (unpaired) electrons. The average molecular weight is 328 g/mol. The van der Waals surface area contributed by atoms with Crippen LogP contribution in [0.1, 0.15) is 58.4 Å². The summed E-state index contributed by atoms with van der Waals surface area (Å²) in [4.78, 5) is 2.52. The van der Waals surface area contributed by atoms with E-state index in [-0.39, 0.29) is 0 Å². The van der Waals surface area contributed by atoms with E-state index in [1.807, 2.05) is 6.92 Å². The molecule has 0 heterocycles. The van der Waals surface area contributed by atoms with Crippen molar-refractivity contribution in [2.24, 2.45) is 0 Å². The molecular formula is C22H33NO. The summed E-state index contributed by atoms with van der Waals surface area (Å²) in [5, 5.41) is 13.5. The highest BCUT2D eigenvalue weighted by Crippen LogP contribution is 2.31. The Morgan fingerprint density at radius 1 is 0.875 bits per heavy atom. The topological polar surface area (TPSA) is 23.5 Å². The Kier molecular flexibility index (Phi) is 7.26. The maximum Gasteiger partial charge on any atom is 0.0886 e. The second kappa shape index (κ2) is 9.19. The van der Waals surface area contributed by atoms with Gasteiger partial charge in [-0.05, 0) is 55.6 Å². The monoisotopic (exact) mass is 327 g/mol. The number of benzene rings is 2. The van der Waals surface area contributed by atoms with E-state index >= 15 is 0 Å². The van der Waals surface area contributed by atoms with E-state index in [1.165, 1.54) is 36.5 Å². The minimum absolute atomic E-state index is 0.772. The summed E-state index contributed by atoms with van der Waals surface area (Å²) >= 11 is 0. The third-order valence-electron chi connectivity index (χ3n) is 4.94. The van der Waals surface area contributed by atoms with Crippen LogP contribution in [0.5, 0.6) is 0 Å². The van der Waals surface area contributed by atoms with Gasteiger partial charge in [0.15, 0.2) is 0 Å². The maximum atomic E-state index is 11.2. The molecule has 2 aromatic carbocycles. The van der Waals surface area contributed by atoms with Crippen LogP contribution in [0.2, 0.25) is 0 Å². The van der Waals surface area contributed by atoms with Crippen molar-refractivity contribution < 1.29 is 5.11 Å². The van der Waals surface area contributed by atoms with Crippen LogP contribution in [0.4, 0.5) is 0 Å². The van der Waals surface area contributed by atoms with E-state index in [4.69, 9.17) is 0 Å². The summed E-state index contributed by atoms with van der Waals surface area (Å²) in [6, 6.07) is 14.6. The molecule has 2 rings (SSSR count). The van der Waals surface area contributed by atoms with Crippen molar-refractivity contribution in [1.29, 1.82) is 0 Å². The smallest absolute Gasteiger partial charge is 0.0886 e. The van der Waals surface area contributed by atoms with E-state index in [2.05, 4.69) is 61.2 Å². The molecule has 0 aliphatic rings. The van der Waals surface area contributed by atoms with Gasteiger partial charge in [-0.25, -0.2) is 0 Å². The van der Waals surface area contributed by atoms with Crippen LogP contribution >= 0.6 is 0 Å². The molecule has 0 aromatic heterocycles. The quantitative estimate of drug-likeness (QED) is 0.636. The van der Waals surface area contributed by atoms with Crippen LogP contribution in [0.3, 0.4) is 0 Å². The molecule has 0 saturated heterocycles. The van der Waals surface area contributed by atoms with Crippen LogP contribution in [0, 0.1) is 0 Å². The summed E-state index contributed by atoms with van der Waals surface area (Å²) in [5.41, 5.74) is 0.254. The predicted octanol–water partition coefficient (Wildman–Crippen LogP) is 5.34. The summed E-state index contributed by atoms with van der Waals surface area (Å²) < 4.78 is 0. The number of aliphatic hydroxyl groups is 1. The van der Waals surface area contributed by atoms with Crippen molar-refractivity contribution in [3.63, 3.8) is 0 Å². The Balaban J connectivity index is 2.10. The summed E-state index contributed by atoms with van der Waals surface area (Å²) in [6.07, 6.45) is 5.69. The lowest BCUT2D eigenvalue weighted by atomic mass is 9.88. The number of fused-ring (bicyclic) bond motifs is 1. The van der Waals surface area contributed by atoms with Gasteiger partial charge in [0.2, 0.25) is 0 Å². The van der Waals surface area contributed by atoms with Crippen LogP contribution < -0.4 is 0 Å². The van der Waals surface area contributed by atoms with E-state index in [0.717, 1.165) is 31.6 Å². The molecule has 2 nitrogen and oxygen atoms in total. The van der Waals surface area contributed by atoms with Gasteiger partial charge in [0, 0.05) is 6.54 Å². The molecule has 132 valence electrons. The number of nitrogens with zero attached hydrogens (tertiary/aromatic N) is 1. The van der Waals surface area contributed by atoms with Crippen molar-refractivity contribution in [3.8, 4) is 0 Å². The number of unbranched alkanes of at least 4 members (excludes halogenated alkanes) is 2. The lowest BCUT2D eigenvalue weighted by Gasteiger charge is -2.30. The molecule has 0 unspecified atom stereocenters. The Hall–Kier alpha value is -1.38. The van der Waals surface area contributed by atoms with Crippen molar-refractivity contribution >= 4 is 10.8 Å². The SMILES string of the molecule is CCCCN(CCCC)CC[C@](C)(O)c1cccc2ccccc12. The molecule has 0 bridgehead atoms. The zero-order valence-electron chi connectivity index (χ0n) is 15.6. The number of rotatable bonds is 10. The zero-order chi connectivity index (χ0) is 17.4. The Bertz CT molecular complexity index is 607. The lowest BCUT2D eigenvalue weighted by Crippen LogP contribution is -2.33. The first-order chi connectivity index (χ1) is 11.6. The van der Waals surface area contributed by atoms with E-state index in [9.17, 15) is 5.11 Å². The van der Waals surface area contributed by atoms with Crippen LogP contribution in [-0.4, -0.2) is 29.6 Å². The van der Waals surface area contributed by atoms with Crippen LogP contribution in [0.15, 0.2) is 42.5 Å². The Labute approximate surface area is 147 Å². The van der Waals surface area contributed by atoms with Crippen LogP contribution in [0.25, 0.3) is 10.8 Å². The highest BCUT2D eigenvalue weighted by Gasteiger charge is 2.25. The number of hydrogen-bond acceptors (Lipinski definition) is 2. The average Bonchev–Trinajstić information content (AvgIpc) is 2.60. The largest absolute Gasteiger partial charge is 0.385 e. The number of hydrogen-bond donors (Lipinski definition) is 1. The third kappa shape index (κ3) is 5.06. The van der Waals surface area contributed by atoms with Gasteiger partial charge < -0.3 is 10.0 Å². The van der Waals surface area contributed by atoms with Gasteiger partial charge in [-0.2, -0.15) is 0 Å². The van der Waals surface area contributed by atoms with Crippen molar-refractivity contribution in [3.05, 3.63) is 48.0 Å². The minimum atomic E-state index is -0.794. The third-order valence-corrected chi connectivity index (χ3v) is 4.94. The first kappa shape index (κ1) is 19.0. The Morgan fingerprint density at radius 3 is 2.17 bits per heavy atom. The van der Waals surface area contributed by atoms with Gasteiger partial charge in [0.25, 0.3) is 0 Å². The van der Waals surface area contributed by atoms with Gasteiger partial charge in [0.1, 0.15) is 0 Å². The standard InChI is InChI=1S/C22H33NO/c1-4-6-16-23(17-7-5-2)18-15-22(3,24)21-14-10-12-19-11-8-9-13-20(19)21/h8-14,24H,4-7,15-18H2,1-3H3/t22-/m0/s1. The summed E-state index contributed by atoms with van der Waals surface area (Å²) in [6.45, 7) is 9.68. The molecule has 0 fully saturated rings. The highest BCUT2D eigenvalue weighted by atomic mass is 16.3. The molecule has 1 N–H and O–H groups in total. The molecule has 0 amide bonds. The molecule has 24 heavy (non-hydrogen) atoms. The maximum absolute atomic E-state index is 11.2. The fourth-order valence-corrected chi connectivity index (χ4v) is 3.30. The van der Waals surface area contributed by atoms with Gasteiger partial charge in [-0.15, -0.1) is 0 Å².